The predicted molar refractivity (Wildman–Crippen MR) is 75.7 cm³/mol. The van der Waals surface area contributed by atoms with Crippen LogP contribution in [0.2, 0.25) is 0 Å². The van der Waals surface area contributed by atoms with Crippen LogP contribution < -0.4 is 10.6 Å². The fraction of sp³-hybridized carbons (Fsp3) is 0.786. The average Bonchev–Trinajstić information content (AvgIpc) is 2.32. The lowest BCUT2D eigenvalue weighted by Crippen LogP contribution is -2.39. The Balaban J connectivity index is 2.00. The van der Waals surface area contributed by atoms with E-state index in [2.05, 4.69) is 29.0 Å². The zero-order chi connectivity index (χ0) is 13.4. The maximum Gasteiger partial charge on any atom is 0.315 e. The third-order valence-electron chi connectivity index (χ3n) is 3.23. The van der Waals surface area contributed by atoms with E-state index in [0.29, 0.717) is 6.54 Å². The Bertz CT molecular complexity index is 278. The summed E-state index contributed by atoms with van der Waals surface area (Å²) >= 11 is 0. The van der Waals surface area contributed by atoms with Gasteiger partial charge in [0.25, 0.3) is 0 Å². The van der Waals surface area contributed by atoms with Gasteiger partial charge in [-0.1, -0.05) is 19.1 Å². The molecule has 0 aromatic heterocycles. The molecule has 0 bridgehead atoms. The molecule has 1 aliphatic rings. The molecule has 1 atom stereocenters. The maximum absolute atomic E-state index is 11.4. The van der Waals surface area contributed by atoms with E-state index in [1.165, 1.54) is 25.9 Å². The number of carbonyl (C=O) groups is 1. The van der Waals surface area contributed by atoms with Crippen LogP contribution in [0.4, 0.5) is 4.79 Å². The standard InChI is InChI=1S/C14H27N3O/c1-12(2)10-16-14(18)15-7-5-9-17-8-4-6-13(3)11-17/h13H,1,4-11H2,2-3H3,(H2,15,16,18). The fourth-order valence-electron chi connectivity index (χ4n) is 2.29. The first kappa shape index (κ1) is 15.0. The van der Waals surface area contributed by atoms with Crippen LogP contribution in [0, 0.1) is 5.92 Å². The van der Waals surface area contributed by atoms with Crippen molar-refractivity contribution in [2.24, 2.45) is 5.92 Å². The quantitative estimate of drug-likeness (QED) is 0.561. The first-order valence-corrected chi connectivity index (χ1v) is 6.96. The molecule has 0 saturated carbocycles. The molecule has 1 unspecified atom stereocenters. The van der Waals surface area contributed by atoms with Crippen molar-refractivity contribution in [1.29, 1.82) is 0 Å². The molecule has 1 rings (SSSR count). The molecule has 0 aromatic carbocycles. The fourth-order valence-corrected chi connectivity index (χ4v) is 2.29. The van der Waals surface area contributed by atoms with Crippen LogP contribution in [0.25, 0.3) is 0 Å². The van der Waals surface area contributed by atoms with Crippen molar-refractivity contribution in [3.63, 3.8) is 0 Å². The highest BCUT2D eigenvalue weighted by Crippen LogP contribution is 2.15. The number of nitrogens with one attached hydrogen (secondary N) is 2. The number of piperidine rings is 1. The first-order valence-electron chi connectivity index (χ1n) is 6.96. The summed E-state index contributed by atoms with van der Waals surface area (Å²) in [6, 6.07) is -0.0926. The van der Waals surface area contributed by atoms with Gasteiger partial charge in [0.1, 0.15) is 0 Å². The van der Waals surface area contributed by atoms with Crippen molar-refractivity contribution in [3.8, 4) is 0 Å². The van der Waals surface area contributed by atoms with Gasteiger partial charge < -0.3 is 15.5 Å². The molecule has 1 saturated heterocycles. The van der Waals surface area contributed by atoms with E-state index < -0.39 is 0 Å². The topological polar surface area (TPSA) is 44.4 Å². The molecule has 1 heterocycles. The second-order valence-corrected chi connectivity index (χ2v) is 5.47. The molecule has 0 spiro atoms. The molecule has 0 aliphatic carbocycles. The minimum absolute atomic E-state index is 0.0926. The number of likely N-dealkylation sites (tertiary alicyclic amines) is 1. The Labute approximate surface area is 111 Å². The predicted octanol–water partition coefficient (Wildman–Crippen LogP) is 1.98. The van der Waals surface area contributed by atoms with E-state index >= 15 is 0 Å². The molecule has 1 aliphatic heterocycles. The number of hydrogen-bond acceptors (Lipinski definition) is 2. The number of nitrogens with zero attached hydrogens (tertiary/aromatic N) is 1. The van der Waals surface area contributed by atoms with Gasteiger partial charge in [0.05, 0.1) is 0 Å². The molecule has 1 fully saturated rings. The summed E-state index contributed by atoms with van der Waals surface area (Å²) in [5.74, 6) is 0.825. The van der Waals surface area contributed by atoms with Crippen LogP contribution in [-0.2, 0) is 0 Å². The van der Waals surface area contributed by atoms with E-state index in [9.17, 15) is 4.79 Å². The minimum Gasteiger partial charge on any atom is -0.338 e. The van der Waals surface area contributed by atoms with Crippen molar-refractivity contribution >= 4 is 6.03 Å². The molecule has 2 N–H and O–H groups in total. The summed E-state index contributed by atoms with van der Waals surface area (Å²) in [4.78, 5) is 13.9. The largest absolute Gasteiger partial charge is 0.338 e. The molecular formula is C14H27N3O. The van der Waals surface area contributed by atoms with E-state index in [1.807, 2.05) is 6.92 Å². The zero-order valence-electron chi connectivity index (χ0n) is 11.8. The van der Waals surface area contributed by atoms with Crippen LogP contribution in [-0.4, -0.2) is 43.7 Å². The van der Waals surface area contributed by atoms with Gasteiger partial charge in [-0.15, -0.1) is 0 Å². The lowest BCUT2D eigenvalue weighted by atomic mass is 10.0. The van der Waals surface area contributed by atoms with Gasteiger partial charge in [-0.25, -0.2) is 4.79 Å². The number of amides is 2. The Morgan fingerprint density at radius 3 is 2.89 bits per heavy atom. The number of carbonyl (C=O) groups excluding carboxylic acids is 1. The second-order valence-electron chi connectivity index (χ2n) is 5.47. The van der Waals surface area contributed by atoms with Gasteiger partial charge in [0, 0.05) is 19.6 Å². The van der Waals surface area contributed by atoms with Gasteiger partial charge in [-0.05, 0) is 45.2 Å². The highest BCUT2D eigenvalue weighted by molar-refractivity contribution is 5.73. The Morgan fingerprint density at radius 1 is 1.44 bits per heavy atom. The third-order valence-corrected chi connectivity index (χ3v) is 3.23. The van der Waals surface area contributed by atoms with Crippen LogP contribution >= 0.6 is 0 Å². The lowest BCUT2D eigenvalue weighted by Gasteiger charge is -2.30. The highest BCUT2D eigenvalue weighted by Gasteiger charge is 2.15. The first-order chi connectivity index (χ1) is 8.58. The molecule has 2 amide bonds. The van der Waals surface area contributed by atoms with Crippen molar-refractivity contribution < 1.29 is 4.79 Å². The summed E-state index contributed by atoms with van der Waals surface area (Å²) < 4.78 is 0. The summed E-state index contributed by atoms with van der Waals surface area (Å²) in [5, 5.41) is 5.64. The van der Waals surface area contributed by atoms with Gasteiger partial charge in [0.2, 0.25) is 0 Å². The Hall–Kier alpha value is -1.03. The summed E-state index contributed by atoms with van der Waals surface area (Å²) in [6.07, 6.45) is 3.69. The van der Waals surface area contributed by atoms with E-state index in [1.54, 1.807) is 0 Å². The molecule has 4 heteroatoms. The van der Waals surface area contributed by atoms with Crippen LogP contribution in [0.5, 0.6) is 0 Å². The normalized spacial score (nSPS) is 20.4. The molecule has 0 aromatic rings. The van der Waals surface area contributed by atoms with Gasteiger partial charge in [0.15, 0.2) is 0 Å². The van der Waals surface area contributed by atoms with Crippen LogP contribution in [0.15, 0.2) is 12.2 Å². The van der Waals surface area contributed by atoms with E-state index in [0.717, 1.165) is 31.0 Å². The van der Waals surface area contributed by atoms with Crippen molar-refractivity contribution in [2.45, 2.75) is 33.1 Å². The van der Waals surface area contributed by atoms with Gasteiger partial charge in [-0.3, -0.25) is 0 Å². The number of hydrogen-bond donors (Lipinski definition) is 2. The molecule has 4 nitrogen and oxygen atoms in total. The molecular weight excluding hydrogens is 226 g/mol. The monoisotopic (exact) mass is 253 g/mol. The van der Waals surface area contributed by atoms with E-state index in [4.69, 9.17) is 0 Å². The minimum atomic E-state index is -0.0926. The average molecular weight is 253 g/mol. The Morgan fingerprint density at radius 2 is 2.22 bits per heavy atom. The summed E-state index contributed by atoms with van der Waals surface area (Å²) in [7, 11) is 0. The highest BCUT2D eigenvalue weighted by atomic mass is 16.2. The summed E-state index contributed by atoms with van der Waals surface area (Å²) in [5.41, 5.74) is 0.965. The van der Waals surface area contributed by atoms with Gasteiger partial charge >= 0.3 is 6.03 Å². The van der Waals surface area contributed by atoms with E-state index in [-0.39, 0.29) is 6.03 Å². The maximum atomic E-state index is 11.4. The molecule has 0 radical (unpaired) electrons. The van der Waals surface area contributed by atoms with Crippen LogP contribution in [0.3, 0.4) is 0 Å². The Kier molecular flexibility index (Phi) is 6.80. The van der Waals surface area contributed by atoms with Gasteiger partial charge in [-0.2, -0.15) is 0 Å². The molecule has 104 valence electrons. The van der Waals surface area contributed by atoms with Crippen LogP contribution in [0.1, 0.15) is 33.1 Å². The summed E-state index contributed by atoms with van der Waals surface area (Å²) in [6.45, 7) is 12.8. The smallest absolute Gasteiger partial charge is 0.315 e. The van der Waals surface area contributed by atoms with Crippen molar-refractivity contribution in [3.05, 3.63) is 12.2 Å². The lowest BCUT2D eigenvalue weighted by molar-refractivity contribution is 0.181. The second kappa shape index (κ2) is 8.14. The molecule has 18 heavy (non-hydrogen) atoms. The number of rotatable bonds is 6. The number of urea groups is 1. The SMILES string of the molecule is C=C(C)CNC(=O)NCCCN1CCCC(C)C1. The van der Waals surface area contributed by atoms with Crippen molar-refractivity contribution in [1.82, 2.24) is 15.5 Å². The van der Waals surface area contributed by atoms with Crippen molar-refractivity contribution in [2.75, 3.05) is 32.7 Å². The zero-order valence-corrected chi connectivity index (χ0v) is 11.8. The third kappa shape index (κ3) is 6.64.